The molecule has 0 aliphatic carbocycles. The highest BCUT2D eigenvalue weighted by molar-refractivity contribution is 7.92. The van der Waals surface area contributed by atoms with E-state index in [1.54, 1.807) is 5.38 Å². The van der Waals surface area contributed by atoms with Gasteiger partial charge in [0.2, 0.25) is 14.2 Å². The molecular formula is C11H14N2O2S3. The van der Waals surface area contributed by atoms with Crippen molar-refractivity contribution in [2.45, 2.75) is 36.3 Å². The van der Waals surface area contributed by atoms with Crippen molar-refractivity contribution in [1.29, 1.82) is 0 Å². The molecule has 0 saturated heterocycles. The molecule has 0 fully saturated rings. The molecule has 0 aliphatic heterocycles. The molecule has 7 heteroatoms. The Hall–Kier alpha value is -0.790. The molecule has 0 radical (unpaired) electrons. The van der Waals surface area contributed by atoms with Crippen LogP contribution in [0.3, 0.4) is 0 Å². The van der Waals surface area contributed by atoms with Crippen LogP contribution in [-0.2, 0) is 21.0 Å². The average molecular weight is 302 g/mol. The van der Waals surface area contributed by atoms with E-state index in [1.165, 1.54) is 17.5 Å². The molecule has 0 amide bonds. The number of rotatable bonds is 3. The van der Waals surface area contributed by atoms with Crippen molar-refractivity contribution in [1.82, 2.24) is 9.97 Å². The van der Waals surface area contributed by atoms with Crippen LogP contribution in [0.1, 0.15) is 31.5 Å². The van der Waals surface area contributed by atoms with Gasteiger partial charge in [0.25, 0.3) is 0 Å². The molecule has 0 spiro atoms. The van der Waals surface area contributed by atoms with Gasteiger partial charge in [0.1, 0.15) is 10.8 Å². The van der Waals surface area contributed by atoms with Crippen molar-refractivity contribution in [3.05, 3.63) is 27.7 Å². The second kappa shape index (κ2) is 4.71. The van der Waals surface area contributed by atoms with Gasteiger partial charge >= 0.3 is 0 Å². The summed E-state index contributed by atoms with van der Waals surface area (Å²) in [5.74, 6) is -0.0682. The molecule has 2 heterocycles. The quantitative estimate of drug-likeness (QED) is 0.874. The van der Waals surface area contributed by atoms with E-state index in [9.17, 15) is 8.42 Å². The molecule has 0 unspecified atom stereocenters. The Bertz CT molecular complexity index is 622. The van der Waals surface area contributed by atoms with Crippen molar-refractivity contribution in [3.63, 3.8) is 0 Å². The van der Waals surface area contributed by atoms with E-state index < -0.39 is 9.84 Å². The zero-order valence-electron chi connectivity index (χ0n) is 10.4. The minimum Gasteiger partial charge on any atom is -0.245 e. The van der Waals surface area contributed by atoms with Crippen LogP contribution < -0.4 is 0 Å². The Balaban J connectivity index is 2.23. The minimum atomic E-state index is -3.35. The predicted octanol–water partition coefficient (Wildman–Crippen LogP) is 2.87. The Kier molecular flexibility index (Phi) is 3.57. The summed E-state index contributed by atoms with van der Waals surface area (Å²) in [4.78, 5) is 8.24. The van der Waals surface area contributed by atoms with Crippen LogP contribution in [-0.4, -0.2) is 18.4 Å². The van der Waals surface area contributed by atoms with Gasteiger partial charge in [-0.3, -0.25) is 0 Å². The second-order valence-corrected chi connectivity index (χ2v) is 8.93. The van der Waals surface area contributed by atoms with Crippen LogP contribution in [0.4, 0.5) is 0 Å². The average Bonchev–Trinajstić information content (AvgIpc) is 2.83. The monoisotopic (exact) mass is 302 g/mol. The van der Waals surface area contributed by atoms with Gasteiger partial charge in [-0.1, -0.05) is 20.8 Å². The molecule has 0 bridgehead atoms. The number of sulfone groups is 1. The largest absolute Gasteiger partial charge is 0.245 e. The van der Waals surface area contributed by atoms with Crippen LogP contribution in [0.15, 0.2) is 21.3 Å². The minimum absolute atomic E-state index is 0.0559. The highest BCUT2D eigenvalue weighted by Gasteiger charge is 2.22. The molecule has 18 heavy (non-hydrogen) atoms. The Morgan fingerprint density at radius 3 is 2.50 bits per heavy atom. The summed E-state index contributed by atoms with van der Waals surface area (Å²) in [5.41, 5.74) is 0.872. The lowest BCUT2D eigenvalue weighted by molar-refractivity contribution is 0.570. The zero-order chi connectivity index (χ0) is 13.4. The lowest BCUT2D eigenvalue weighted by Crippen LogP contribution is -2.12. The van der Waals surface area contributed by atoms with Gasteiger partial charge in [-0.2, -0.15) is 0 Å². The molecule has 0 N–H and O–H groups in total. The van der Waals surface area contributed by atoms with E-state index in [2.05, 4.69) is 30.7 Å². The van der Waals surface area contributed by atoms with E-state index in [4.69, 9.17) is 0 Å². The second-order valence-electron chi connectivity index (χ2n) is 4.93. The van der Waals surface area contributed by atoms with Gasteiger partial charge in [0.15, 0.2) is 0 Å². The first-order valence-corrected chi connectivity index (χ1v) is 8.77. The Morgan fingerprint density at radius 2 is 2.00 bits per heavy atom. The van der Waals surface area contributed by atoms with E-state index >= 15 is 0 Å². The Labute approximate surface area is 115 Å². The van der Waals surface area contributed by atoms with Crippen LogP contribution in [0.2, 0.25) is 0 Å². The predicted molar refractivity (Wildman–Crippen MR) is 73.8 cm³/mol. The molecule has 2 aromatic heterocycles. The fourth-order valence-electron chi connectivity index (χ4n) is 1.31. The maximum atomic E-state index is 12.0. The Morgan fingerprint density at radius 1 is 1.28 bits per heavy atom. The molecule has 2 aromatic rings. The van der Waals surface area contributed by atoms with Gasteiger partial charge in [-0.15, -0.1) is 22.7 Å². The van der Waals surface area contributed by atoms with E-state index in [0.717, 1.165) is 17.0 Å². The lowest BCUT2D eigenvalue weighted by atomic mass is 9.93. The number of hydrogen-bond acceptors (Lipinski definition) is 6. The van der Waals surface area contributed by atoms with Crippen molar-refractivity contribution in [3.8, 4) is 0 Å². The maximum absolute atomic E-state index is 12.0. The first-order chi connectivity index (χ1) is 8.29. The fraction of sp³-hybridized carbons (Fsp3) is 0.455. The topological polar surface area (TPSA) is 59.9 Å². The summed E-state index contributed by atoms with van der Waals surface area (Å²) >= 11 is 2.53. The van der Waals surface area contributed by atoms with Gasteiger partial charge in [0.05, 0.1) is 5.69 Å². The third kappa shape index (κ3) is 2.96. The van der Waals surface area contributed by atoms with Crippen molar-refractivity contribution in [2.75, 3.05) is 0 Å². The molecule has 2 rings (SSSR count). The SMILES string of the molecule is CC(C)(C)c1csc(CS(=O)(=O)c2nccs2)n1. The normalized spacial score (nSPS) is 12.8. The summed E-state index contributed by atoms with van der Waals surface area (Å²) in [6.45, 7) is 6.17. The summed E-state index contributed by atoms with van der Waals surface area (Å²) in [7, 11) is -3.35. The van der Waals surface area contributed by atoms with Gasteiger partial charge in [-0.25, -0.2) is 18.4 Å². The van der Waals surface area contributed by atoms with E-state index in [0.29, 0.717) is 5.01 Å². The summed E-state index contributed by atoms with van der Waals surface area (Å²) in [6.07, 6.45) is 1.50. The molecule has 98 valence electrons. The molecule has 0 atom stereocenters. The van der Waals surface area contributed by atoms with Crippen LogP contribution in [0.5, 0.6) is 0 Å². The highest BCUT2D eigenvalue weighted by Crippen LogP contribution is 2.26. The van der Waals surface area contributed by atoms with Crippen molar-refractivity contribution >= 4 is 32.5 Å². The maximum Gasteiger partial charge on any atom is 0.211 e. The fourth-order valence-corrected chi connectivity index (χ4v) is 4.88. The summed E-state index contributed by atoms with van der Waals surface area (Å²) < 4.78 is 24.2. The lowest BCUT2D eigenvalue weighted by Gasteiger charge is -2.14. The third-order valence-electron chi connectivity index (χ3n) is 2.31. The van der Waals surface area contributed by atoms with Gasteiger partial charge in [0, 0.05) is 22.4 Å². The van der Waals surface area contributed by atoms with Gasteiger partial charge < -0.3 is 0 Å². The standard InChI is InChI=1S/C11H14N2O2S3/c1-11(2,3)8-6-17-9(13-8)7-18(14,15)10-12-4-5-16-10/h4-6H,7H2,1-3H3. The molecular weight excluding hydrogens is 288 g/mol. The van der Waals surface area contributed by atoms with Crippen LogP contribution in [0, 0.1) is 0 Å². The summed E-state index contributed by atoms with van der Waals surface area (Å²) in [6, 6.07) is 0. The number of thiazole rings is 2. The zero-order valence-corrected chi connectivity index (χ0v) is 12.8. The summed E-state index contributed by atoms with van der Waals surface area (Å²) in [5, 5.41) is 4.21. The number of hydrogen-bond donors (Lipinski definition) is 0. The molecule has 4 nitrogen and oxygen atoms in total. The molecule has 0 saturated carbocycles. The first kappa shape index (κ1) is 13.6. The first-order valence-electron chi connectivity index (χ1n) is 5.36. The smallest absolute Gasteiger partial charge is 0.211 e. The molecule has 0 aliphatic rings. The van der Waals surface area contributed by atoms with E-state index in [1.807, 2.05) is 5.38 Å². The highest BCUT2D eigenvalue weighted by atomic mass is 32.2. The van der Waals surface area contributed by atoms with Crippen LogP contribution >= 0.6 is 22.7 Å². The van der Waals surface area contributed by atoms with E-state index in [-0.39, 0.29) is 15.5 Å². The molecule has 0 aromatic carbocycles. The number of nitrogens with zero attached hydrogens (tertiary/aromatic N) is 2. The van der Waals surface area contributed by atoms with Crippen molar-refractivity contribution < 1.29 is 8.42 Å². The van der Waals surface area contributed by atoms with Gasteiger partial charge in [-0.05, 0) is 0 Å². The number of aromatic nitrogens is 2. The van der Waals surface area contributed by atoms with Crippen LogP contribution in [0.25, 0.3) is 0 Å². The third-order valence-corrected chi connectivity index (χ3v) is 6.25. The van der Waals surface area contributed by atoms with Crippen molar-refractivity contribution in [2.24, 2.45) is 0 Å².